The van der Waals surface area contributed by atoms with Crippen LogP contribution in [0.1, 0.15) is 60.9 Å². The first-order chi connectivity index (χ1) is 16.5. The van der Waals surface area contributed by atoms with Crippen LogP contribution in [0.5, 0.6) is 6.01 Å². The second-order valence-corrected chi connectivity index (χ2v) is 8.82. The Morgan fingerprint density at radius 1 is 1.17 bits per heavy atom. The number of pyridine rings is 1. The van der Waals surface area contributed by atoms with Gasteiger partial charge in [-0.25, -0.2) is 18.2 Å². The average Bonchev–Trinajstić information content (AvgIpc) is 3.16. The lowest BCUT2D eigenvalue weighted by Crippen LogP contribution is -2.22. The lowest BCUT2D eigenvalue weighted by molar-refractivity contribution is 0.0787. The Bertz CT molecular complexity index is 1290. The van der Waals surface area contributed by atoms with E-state index in [9.17, 15) is 9.18 Å². The molecule has 10 heteroatoms. The molecule has 184 valence electrons. The first-order valence-electron chi connectivity index (χ1n) is 11.2. The van der Waals surface area contributed by atoms with Gasteiger partial charge in [0.25, 0.3) is 5.91 Å². The second-order valence-electron chi connectivity index (χ2n) is 8.82. The van der Waals surface area contributed by atoms with E-state index in [-0.39, 0.29) is 34.4 Å². The van der Waals surface area contributed by atoms with Crippen LogP contribution < -0.4 is 10.1 Å². The smallest absolute Gasteiger partial charge is 0.316 e. The van der Waals surface area contributed by atoms with Crippen molar-refractivity contribution in [3.05, 3.63) is 64.5 Å². The normalized spacial score (nSPS) is 14.2. The SMILES string of the molecule is CCN1Cc2c(ccnc2N[C@@H](C)c2cc(F)c(-c3cc(C(C)(C)F)nc(OC)n3)cc2F)C1=O. The predicted molar refractivity (Wildman–Crippen MR) is 125 cm³/mol. The summed E-state index contributed by atoms with van der Waals surface area (Å²) in [7, 11) is 1.31. The van der Waals surface area contributed by atoms with E-state index >= 15 is 8.78 Å². The molecule has 3 heterocycles. The molecule has 35 heavy (non-hydrogen) atoms. The number of carbonyl (C=O) groups is 1. The van der Waals surface area contributed by atoms with Crippen LogP contribution in [0.4, 0.5) is 19.0 Å². The number of rotatable bonds is 7. The topological polar surface area (TPSA) is 80.2 Å². The summed E-state index contributed by atoms with van der Waals surface area (Å²) in [5, 5.41) is 3.11. The second kappa shape index (κ2) is 9.16. The quantitative estimate of drug-likeness (QED) is 0.497. The molecule has 0 aliphatic carbocycles. The summed E-state index contributed by atoms with van der Waals surface area (Å²) < 4.78 is 49.9. The fraction of sp³-hybridized carbons (Fsp3) is 0.360. The van der Waals surface area contributed by atoms with Gasteiger partial charge in [-0.1, -0.05) is 0 Å². The van der Waals surface area contributed by atoms with E-state index < -0.39 is 23.3 Å². The van der Waals surface area contributed by atoms with E-state index in [1.54, 1.807) is 17.9 Å². The van der Waals surface area contributed by atoms with E-state index in [1.165, 1.54) is 33.2 Å². The van der Waals surface area contributed by atoms with Crippen molar-refractivity contribution in [3.63, 3.8) is 0 Å². The molecule has 7 nitrogen and oxygen atoms in total. The van der Waals surface area contributed by atoms with Crippen LogP contribution in [0.2, 0.25) is 0 Å². The van der Waals surface area contributed by atoms with E-state index in [4.69, 9.17) is 4.74 Å². The van der Waals surface area contributed by atoms with Crippen molar-refractivity contribution in [2.24, 2.45) is 0 Å². The maximum Gasteiger partial charge on any atom is 0.316 e. The lowest BCUT2D eigenvalue weighted by atomic mass is 10.00. The van der Waals surface area contributed by atoms with Crippen molar-refractivity contribution in [1.29, 1.82) is 0 Å². The number of carbonyl (C=O) groups excluding carboxylic acids is 1. The number of amides is 1. The number of methoxy groups -OCH3 is 1. The van der Waals surface area contributed by atoms with Crippen molar-refractivity contribution < 1.29 is 22.7 Å². The van der Waals surface area contributed by atoms with Crippen LogP contribution in [-0.4, -0.2) is 39.4 Å². The average molecular weight is 486 g/mol. The summed E-state index contributed by atoms with van der Waals surface area (Å²) in [6.45, 7) is 7.11. The van der Waals surface area contributed by atoms with Gasteiger partial charge in [0, 0.05) is 35.0 Å². The number of aromatic nitrogens is 3. The number of fused-ring (bicyclic) bond motifs is 1. The van der Waals surface area contributed by atoms with Crippen LogP contribution in [0, 0.1) is 11.6 Å². The molecule has 2 aromatic heterocycles. The molecule has 3 aromatic rings. The van der Waals surface area contributed by atoms with Gasteiger partial charge in [0.1, 0.15) is 23.1 Å². The summed E-state index contributed by atoms with van der Waals surface area (Å²) >= 11 is 0. The summed E-state index contributed by atoms with van der Waals surface area (Å²) in [6.07, 6.45) is 1.51. The third kappa shape index (κ3) is 4.65. The van der Waals surface area contributed by atoms with Gasteiger partial charge in [-0.15, -0.1) is 0 Å². The van der Waals surface area contributed by atoms with Crippen LogP contribution >= 0.6 is 0 Å². The van der Waals surface area contributed by atoms with Crippen LogP contribution in [0.3, 0.4) is 0 Å². The number of halogens is 3. The molecule has 0 radical (unpaired) electrons. The number of nitrogens with zero attached hydrogens (tertiary/aromatic N) is 4. The molecular weight excluding hydrogens is 459 g/mol. The zero-order chi connectivity index (χ0) is 25.5. The van der Waals surface area contributed by atoms with E-state index in [2.05, 4.69) is 20.3 Å². The molecule has 0 spiro atoms. The molecule has 1 aliphatic heterocycles. The Hall–Kier alpha value is -3.69. The van der Waals surface area contributed by atoms with Gasteiger partial charge in [0.2, 0.25) is 0 Å². The van der Waals surface area contributed by atoms with Gasteiger partial charge >= 0.3 is 6.01 Å². The molecule has 1 N–H and O–H groups in total. The molecule has 1 aliphatic rings. The number of hydrogen-bond acceptors (Lipinski definition) is 6. The first kappa shape index (κ1) is 24.4. The van der Waals surface area contributed by atoms with E-state index in [0.717, 1.165) is 17.7 Å². The standard InChI is InChI=1S/C25H26F3N5O2/c1-6-33-12-17-14(23(33)34)7-8-29-22(17)30-13(2)15-9-19(27)16(10-18(15)26)20-11-21(25(3,4)28)32-24(31-20)35-5/h7-11,13H,6,12H2,1-5H3,(H,29,30)/t13-/m0/s1. The van der Waals surface area contributed by atoms with Crippen molar-refractivity contribution in [2.45, 2.75) is 46.0 Å². The van der Waals surface area contributed by atoms with Gasteiger partial charge in [-0.05, 0) is 52.0 Å². The number of ether oxygens (including phenoxy) is 1. The summed E-state index contributed by atoms with van der Waals surface area (Å²) in [6, 6.07) is 4.20. The van der Waals surface area contributed by atoms with Crippen LogP contribution in [0.15, 0.2) is 30.5 Å². The molecule has 1 atom stereocenters. The minimum atomic E-state index is -1.84. The number of anilines is 1. The Morgan fingerprint density at radius 3 is 2.57 bits per heavy atom. The van der Waals surface area contributed by atoms with Crippen molar-refractivity contribution in [1.82, 2.24) is 19.9 Å². The molecule has 0 fully saturated rings. The van der Waals surface area contributed by atoms with Gasteiger partial charge < -0.3 is 15.0 Å². The zero-order valence-corrected chi connectivity index (χ0v) is 20.1. The highest BCUT2D eigenvalue weighted by atomic mass is 19.1. The van der Waals surface area contributed by atoms with Gasteiger partial charge in [0.15, 0.2) is 0 Å². The maximum absolute atomic E-state index is 15.2. The minimum Gasteiger partial charge on any atom is -0.467 e. The number of hydrogen-bond donors (Lipinski definition) is 1. The molecule has 0 saturated heterocycles. The zero-order valence-electron chi connectivity index (χ0n) is 20.1. The van der Waals surface area contributed by atoms with E-state index in [0.29, 0.717) is 24.5 Å². The monoisotopic (exact) mass is 485 g/mol. The lowest BCUT2D eigenvalue weighted by Gasteiger charge is -2.19. The Morgan fingerprint density at radius 2 is 1.91 bits per heavy atom. The molecule has 1 amide bonds. The minimum absolute atomic E-state index is 0.00172. The predicted octanol–water partition coefficient (Wildman–Crippen LogP) is 5.18. The van der Waals surface area contributed by atoms with Crippen molar-refractivity contribution in [2.75, 3.05) is 19.0 Å². The third-order valence-corrected chi connectivity index (χ3v) is 5.98. The maximum atomic E-state index is 15.2. The highest BCUT2D eigenvalue weighted by Crippen LogP contribution is 2.34. The summed E-state index contributed by atoms with van der Waals surface area (Å²) in [4.78, 5) is 26.5. The molecular formula is C25H26F3N5O2. The van der Waals surface area contributed by atoms with E-state index in [1.807, 2.05) is 6.92 Å². The fourth-order valence-electron chi connectivity index (χ4n) is 4.00. The Labute approximate surface area is 201 Å². The van der Waals surface area contributed by atoms with Crippen molar-refractivity contribution >= 4 is 11.7 Å². The van der Waals surface area contributed by atoms with Gasteiger partial charge in [-0.3, -0.25) is 4.79 Å². The summed E-state index contributed by atoms with van der Waals surface area (Å²) in [5.41, 5.74) is -0.668. The Balaban J connectivity index is 1.67. The van der Waals surface area contributed by atoms with Crippen molar-refractivity contribution in [3.8, 4) is 17.3 Å². The number of nitrogens with one attached hydrogen (secondary N) is 1. The molecule has 0 bridgehead atoms. The molecule has 0 saturated carbocycles. The molecule has 1 aromatic carbocycles. The number of alkyl halides is 1. The largest absolute Gasteiger partial charge is 0.467 e. The first-order valence-corrected chi connectivity index (χ1v) is 11.2. The highest BCUT2D eigenvalue weighted by molar-refractivity contribution is 5.99. The fourth-order valence-corrected chi connectivity index (χ4v) is 4.00. The number of benzene rings is 1. The highest BCUT2D eigenvalue weighted by Gasteiger charge is 2.30. The Kier molecular flexibility index (Phi) is 6.40. The van der Waals surface area contributed by atoms with Crippen LogP contribution in [-0.2, 0) is 12.2 Å². The third-order valence-electron chi connectivity index (χ3n) is 5.98. The van der Waals surface area contributed by atoms with Gasteiger partial charge in [-0.2, -0.15) is 9.97 Å². The van der Waals surface area contributed by atoms with Gasteiger partial charge in [0.05, 0.1) is 31.1 Å². The molecule has 0 unspecified atom stereocenters. The summed E-state index contributed by atoms with van der Waals surface area (Å²) in [5.74, 6) is -1.06. The van der Waals surface area contributed by atoms with Crippen LogP contribution in [0.25, 0.3) is 11.3 Å². The molecule has 4 rings (SSSR count).